The maximum atomic E-state index is 12.2. The van der Waals surface area contributed by atoms with Crippen LogP contribution in [0.2, 0.25) is 0 Å². The van der Waals surface area contributed by atoms with Gasteiger partial charge in [0.2, 0.25) is 5.82 Å². The van der Waals surface area contributed by atoms with E-state index in [1.807, 2.05) is 4.90 Å². The zero-order valence-electron chi connectivity index (χ0n) is 19.5. The van der Waals surface area contributed by atoms with Gasteiger partial charge >= 0.3 is 5.97 Å². The normalized spacial score (nSPS) is 26.8. The molecule has 4 heterocycles. The number of anilines is 1. The maximum Gasteiger partial charge on any atom is 0.323 e. The number of esters is 1. The van der Waals surface area contributed by atoms with E-state index in [0.29, 0.717) is 13.1 Å². The van der Waals surface area contributed by atoms with Crippen molar-refractivity contribution in [1.29, 1.82) is 0 Å². The van der Waals surface area contributed by atoms with Gasteiger partial charge in [-0.2, -0.15) is 0 Å². The fourth-order valence-corrected chi connectivity index (χ4v) is 4.36. The van der Waals surface area contributed by atoms with Crippen molar-refractivity contribution in [1.82, 2.24) is 29.7 Å². The number of aliphatic hydroxyl groups excluding tert-OH is 2. The van der Waals surface area contributed by atoms with Gasteiger partial charge in [0, 0.05) is 6.54 Å². The van der Waals surface area contributed by atoms with Crippen LogP contribution in [0.5, 0.6) is 0 Å². The van der Waals surface area contributed by atoms with Crippen molar-refractivity contribution in [3.8, 4) is 11.8 Å². The van der Waals surface area contributed by atoms with E-state index in [4.69, 9.17) is 15.2 Å². The first kappa shape index (κ1) is 24.8. The molecule has 0 aromatic carbocycles. The van der Waals surface area contributed by atoms with Crippen LogP contribution in [0, 0.1) is 11.8 Å². The Bertz CT molecular complexity index is 1160. The van der Waals surface area contributed by atoms with Crippen molar-refractivity contribution in [2.45, 2.75) is 56.8 Å². The number of nitrogens with two attached hydrogens (primary N) is 1. The smallest absolute Gasteiger partial charge is 0.323 e. The number of hydrogen-bond acceptors (Lipinski definition) is 11. The molecule has 0 aliphatic carbocycles. The number of carbonyl (C=O) groups is 2. The zero-order valence-corrected chi connectivity index (χ0v) is 19.5. The van der Waals surface area contributed by atoms with Crippen molar-refractivity contribution in [2.24, 2.45) is 0 Å². The number of piperidine rings is 1. The Morgan fingerprint density at radius 1 is 1.31 bits per heavy atom. The number of ether oxygens (including phenoxy) is 2. The van der Waals surface area contributed by atoms with Crippen LogP contribution in [0.4, 0.5) is 5.82 Å². The summed E-state index contributed by atoms with van der Waals surface area (Å²) < 4.78 is 12.0. The van der Waals surface area contributed by atoms with E-state index in [0.717, 1.165) is 25.8 Å². The zero-order chi connectivity index (χ0) is 25.1. The number of likely N-dealkylation sites (tertiary alicyclic amines) is 1. The molecule has 0 bridgehead atoms. The van der Waals surface area contributed by atoms with E-state index in [9.17, 15) is 19.8 Å². The summed E-state index contributed by atoms with van der Waals surface area (Å²) in [4.78, 5) is 39.0. The molecule has 2 aliphatic rings. The number of imidazole rings is 1. The van der Waals surface area contributed by atoms with E-state index < -0.39 is 30.4 Å². The molecule has 3 unspecified atom stereocenters. The summed E-state index contributed by atoms with van der Waals surface area (Å²) in [6, 6.07) is -0.330. The Morgan fingerprint density at radius 3 is 2.86 bits per heavy atom. The first-order valence-corrected chi connectivity index (χ1v) is 11.5. The standard InChI is InChI=1S/C22H29N7O6/c1-3-24-20(32)17-15(30)16(31)21(35-17)29-11-25-14-18(23)26-13(27-19(14)29)8-6-10-28-9-5-4-7-12(28)22(33)34-2/h11-12,15-17,21,30-31H,3-5,7,9-10H2,1-2H3,(H,24,32)(H2,23,26,27)/t12?,15?,16?,17-,21+/m0/s1. The summed E-state index contributed by atoms with van der Waals surface area (Å²) in [5.74, 6) is 5.25. The first-order chi connectivity index (χ1) is 16.8. The number of aromatic nitrogens is 4. The maximum absolute atomic E-state index is 12.2. The van der Waals surface area contributed by atoms with Gasteiger partial charge in [-0.1, -0.05) is 12.3 Å². The molecule has 0 saturated carbocycles. The summed E-state index contributed by atoms with van der Waals surface area (Å²) in [6.45, 7) is 3.14. The van der Waals surface area contributed by atoms with Gasteiger partial charge in [0.25, 0.3) is 5.91 Å². The van der Waals surface area contributed by atoms with Crippen LogP contribution in [0.15, 0.2) is 6.33 Å². The summed E-state index contributed by atoms with van der Waals surface area (Å²) in [6.07, 6.45) is -1.22. The molecule has 188 valence electrons. The molecular formula is C22H29N7O6. The van der Waals surface area contributed by atoms with E-state index in [2.05, 4.69) is 32.1 Å². The molecule has 0 spiro atoms. The molecule has 2 fully saturated rings. The second kappa shape index (κ2) is 10.5. The van der Waals surface area contributed by atoms with Gasteiger partial charge < -0.3 is 30.7 Å². The van der Waals surface area contributed by atoms with Gasteiger partial charge in [0.15, 0.2) is 23.8 Å². The Kier molecular flexibility index (Phi) is 7.46. The number of carbonyl (C=O) groups excluding carboxylic acids is 2. The third kappa shape index (κ3) is 4.92. The lowest BCUT2D eigenvalue weighted by molar-refractivity contribution is -0.148. The molecular weight excluding hydrogens is 458 g/mol. The molecule has 4 rings (SSSR count). The average molecular weight is 488 g/mol. The minimum atomic E-state index is -1.44. The predicted octanol–water partition coefficient (Wildman–Crippen LogP) is -1.46. The number of aliphatic hydroxyl groups is 2. The third-order valence-electron chi connectivity index (χ3n) is 6.14. The fourth-order valence-electron chi connectivity index (χ4n) is 4.36. The van der Waals surface area contributed by atoms with Crippen LogP contribution < -0.4 is 11.1 Å². The first-order valence-electron chi connectivity index (χ1n) is 11.5. The number of amides is 1. The molecule has 5 N–H and O–H groups in total. The van der Waals surface area contributed by atoms with Gasteiger partial charge in [0.1, 0.15) is 23.8 Å². The number of likely N-dealkylation sites (N-methyl/N-ethyl adjacent to an activating group) is 1. The van der Waals surface area contributed by atoms with Crippen LogP contribution in [0.3, 0.4) is 0 Å². The second-order valence-corrected chi connectivity index (χ2v) is 8.39. The lowest BCUT2D eigenvalue weighted by Gasteiger charge is -2.31. The molecule has 5 atom stereocenters. The Balaban J connectivity index is 1.57. The molecule has 2 aromatic heterocycles. The summed E-state index contributed by atoms with van der Waals surface area (Å²) in [5, 5.41) is 23.4. The number of nitrogen functional groups attached to an aromatic ring is 1. The minimum Gasteiger partial charge on any atom is -0.468 e. The average Bonchev–Trinajstić information content (AvgIpc) is 3.40. The van der Waals surface area contributed by atoms with Gasteiger partial charge in [-0.3, -0.25) is 19.1 Å². The van der Waals surface area contributed by atoms with E-state index in [1.54, 1.807) is 6.92 Å². The molecule has 13 heteroatoms. The highest BCUT2D eigenvalue weighted by molar-refractivity contribution is 5.83. The quantitative estimate of drug-likeness (QED) is 0.286. The highest BCUT2D eigenvalue weighted by atomic mass is 16.6. The Morgan fingerprint density at radius 2 is 2.11 bits per heavy atom. The number of rotatable bonds is 5. The minimum absolute atomic E-state index is 0.0803. The number of fused-ring (bicyclic) bond motifs is 1. The lowest BCUT2D eigenvalue weighted by atomic mass is 10.0. The van der Waals surface area contributed by atoms with Crippen LogP contribution >= 0.6 is 0 Å². The van der Waals surface area contributed by atoms with Crippen molar-refractivity contribution in [2.75, 3.05) is 32.5 Å². The van der Waals surface area contributed by atoms with Crippen LogP contribution in [-0.4, -0.2) is 97.6 Å². The summed E-state index contributed by atoms with van der Waals surface area (Å²) >= 11 is 0. The molecule has 0 radical (unpaired) electrons. The molecule has 2 saturated heterocycles. The molecule has 2 aromatic rings. The fraction of sp³-hybridized carbons (Fsp3) is 0.591. The third-order valence-corrected chi connectivity index (χ3v) is 6.14. The number of hydrogen-bond donors (Lipinski definition) is 4. The van der Waals surface area contributed by atoms with Gasteiger partial charge in [0.05, 0.1) is 20.0 Å². The largest absolute Gasteiger partial charge is 0.468 e. The van der Waals surface area contributed by atoms with Gasteiger partial charge in [-0.05, 0) is 32.2 Å². The van der Waals surface area contributed by atoms with Crippen molar-refractivity contribution in [3.63, 3.8) is 0 Å². The highest BCUT2D eigenvalue weighted by Gasteiger charge is 2.47. The number of nitrogens with zero attached hydrogens (tertiary/aromatic N) is 5. The SMILES string of the molecule is CCNC(=O)[C@H]1O[C@@H](n2cnc3c(N)nc(C#CCN4CCCCC4C(=O)OC)nc32)C(O)C1O. The van der Waals surface area contributed by atoms with Gasteiger partial charge in [-0.25, -0.2) is 15.0 Å². The van der Waals surface area contributed by atoms with Crippen LogP contribution in [-0.2, 0) is 19.1 Å². The van der Waals surface area contributed by atoms with Crippen LogP contribution in [0.25, 0.3) is 11.2 Å². The molecule has 35 heavy (non-hydrogen) atoms. The van der Waals surface area contributed by atoms with Crippen molar-refractivity contribution < 1.29 is 29.3 Å². The Hall–Kier alpha value is -3.31. The van der Waals surface area contributed by atoms with Crippen LogP contribution in [0.1, 0.15) is 38.2 Å². The number of nitrogens with one attached hydrogen (secondary N) is 1. The predicted molar refractivity (Wildman–Crippen MR) is 122 cm³/mol. The lowest BCUT2D eigenvalue weighted by Crippen LogP contribution is -2.45. The summed E-state index contributed by atoms with van der Waals surface area (Å²) in [5.41, 5.74) is 6.56. The molecule has 13 nitrogen and oxygen atoms in total. The van der Waals surface area contributed by atoms with Gasteiger partial charge in [-0.15, -0.1) is 0 Å². The summed E-state index contributed by atoms with van der Waals surface area (Å²) in [7, 11) is 1.37. The highest BCUT2D eigenvalue weighted by Crippen LogP contribution is 2.32. The van der Waals surface area contributed by atoms with E-state index in [-0.39, 0.29) is 34.8 Å². The topological polar surface area (TPSA) is 178 Å². The second-order valence-electron chi connectivity index (χ2n) is 8.39. The van der Waals surface area contributed by atoms with Crippen molar-refractivity contribution >= 4 is 28.9 Å². The molecule has 2 aliphatic heterocycles. The van der Waals surface area contributed by atoms with Crippen molar-refractivity contribution in [3.05, 3.63) is 12.2 Å². The van der Waals surface area contributed by atoms with E-state index in [1.165, 1.54) is 18.0 Å². The monoisotopic (exact) mass is 487 g/mol. The van der Waals surface area contributed by atoms with E-state index >= 15 is 0 Å². The Labute approximate surface area is 201 Å². The molecule has 1 amide bonds. The number of methoxy groups -OCH3 is 1.